The average Bonchev–Trinajstić information content (AvgIpc) is 2.55. The first-order valence-electron chi connectivity index (χ1n) is 7.47. The molecule has 1 aliphatic heterocycles. The van der Waals surface area contributed by atoms with E-state index in [9.17, 15) is 9.59 Å². The van der Waals surface area contributed by atoms with Gasteiger partial charge < -0.3 is 19.9 Å². The van der Waals surface area contributed by atoms with Crippen molar-refractivity contribution < 1.29 is 14.3 Å². The Labute approximate surface area is 131 Å². The molecule has 0 atom stereocenters. The molecular formula is C16H23N3O3. The van der Waals surface area contributed by atoms with Gasteiger partial charge in [-0.15, -0.1) is 0 Å². The van der Waals surface area contributed by atoms with Crippen LogP contribution < -0.4 is 5.32 Å². The summed E-state index contributed by atoms with van der Waals surface area (Å²) < 4.78 is 4.89. The number of hydrogen-bond donors (Lipinski definition) is 1. The van der Waals surface area contributed by atoms with Crippen LogP contribution in [0.5, 0.6) is 0 Å². The van der Waals surface area contributed by atoms with Gasteiger partial charge in [0, 0.05) is 51.0 Å². The van der Waals surface area contributed by atoms with Gasteiger partial charge in [-0.25, -0.2) is 0 Å². The minimum atomic E-state index is -0.157. The summed E-state index contributed by atoms with van der Waals surface area (Å²) in [6.45, 7) is 4.23. The number of nitrogens with one attached hydrogen (secondary N) is 1. The molecule has 2 amide bonds. The number of carbonyl (C=O) groups is 2. The topological polar surface area (TPSA) is 61.9 Å². The van der Waals surface area contributed by atoms with Gasteiger partial charge in [-0.1, -0.05) is 0 Å². The second-order valence-electron chi connectivity index (χ2n) is 5.42. The van der Waals surface area contributed by atoms with Crippen LogP contribution in [-0.2, 0) is 4.74 Å². The number of piperazine rings is 1. The van der Waals surface area contributed by atoms with Gasteiger partial charge in [0.15, 0.2) is 0 Å². The number of amides is 2. The first-order valence-corrected chi connectivity index (χ1v) is 7.47. The van der Waals surface area contributed by atoms with Crippen molar-refractivity contribution in [2.45, 2.75) is 0 Å². The molecule has 0 bridgehead atoms. The monoisotopic (exact) mass is 305 g/mol. The van der Waals surface area contributed by atoms with E-state index in [1.54, 1.807) is 31.4 Å². The zero-order valence-electron chi connectivity index (χ0n) is 13.2. The van der Waals surface area contributed by atoms with Gasteiger partial charge in [0.25, 0.3) is 11.8 Å². The second-order valence-corrected chi connectivity index (χ2v) is 5.42. The van der Waals surface area contributed by atoms with Crippen molar-refractivity contribution in [1.82, 2.24) is 15.1 Å². The molecule has 0 unspecified atom stereocenters. The van der Waals surface area contributed by atoms with Crippen molar-refractivity contribution in [3.8, 4) is 0 Å². The minimum absolute atomic E-state index is 0.0273. The zero-order chi connectivity index (χ0) is 15.9. The lowest BCUT2D eigenvalue weighted by Crippen LogP contribution is -2.47. The Balaban J connectivity index is 1.93. The molecule has 1 fully saturated rings. The van der Waals surface area contributed by atoms with Crippen LogP contribution in [0, 0.1) is 0 Å². The molecule has 120 valence electrons. The van der Waals surface area contributed by atoms with E-state index in [-0.39, 0.29) is 11.8 Å². The Bertz CT molecular complexity index is 508. The summed E-state index contributed by atoms with van der Waals surface area (Å²) in [5.74, 6) is -0.130. The highest BCUT2D eigenvalue weighted by Crippen LogP contribution is 2.10. The molecule has 2 rings (SSSR count). The fraction of sp³-hybridized carbons (Fsp3) is 0.500. The summed E-state index contributed by atoms with van der Waals surface area (Å²) in [6.07, 6.45) is 0. The number of ether oxygens (including phenoxy) is 1. The molecule has 0 saturated carbocycles. The van der Waals surface area contributed by atoms with Crippen LogP contribution in [0.1, 0.15) is 20.7 Å². The molecule has 6 nitrogen and oxygen atoms in total. The number of benzene rings is 1. The van der Waals surface area contributed by atoms with Gasteiger partial charge in [0.05, 0.1) is 6.61 Å². The van der Waals surface area contributed by atoms with Crippen molar-refractivity contribution in [2.75, 3.05) is 53.5 Å². The highest BCUT2D eigenvalue weighted by Gasteiger charge is 2.20. The van der Waals surface area contributed by atoms with Gasteiger partial charge in [0.1, 0.15) is 0 Å². The van der Waals surface area contributed by atoms with Crippen LogP contribution in [0.4, 0.5) is 0 Å². The predicted molar refractivity (Wildman–Crippen MR) is 84.1 cm³/mol. The van der Waals surface area contributed by atoms with Crippen LogP contribution in [-0.4, -0.2) is 75.1 Å². The molecule has 0 aliphatic carbocycles. The first-order chi connectivity index (χ1) is 10.6. The van der Waals surface area contributed by atoms with E-state index in [1.165, 1.54) is 0 Å². The third kappa shape index (κ3) is 4.29. The number of rotatable bonds is 5. The molecular weight excluding hydrogens is 282 g/mol. The Hall–Kier alpha value is -1.92. The van der Waals surface area contributed by atoms with E-state index in [1.807, 2.05) is 4.90 Å². The largest absolute Gasteiger partial charge is 0.383 e. The Morgan fingerprint density at radius 1 is 1.09 bits per heavy atom. The Morgan fingerprint density at radius 3 is 2.27 bits per heavy atom. The standard InChI is InChI=1S/C16H23N3O3/c1-18-8-10-19(11-9-18)16(21)14-5-3-13(4-6-14)15(20)17-7-12-22-2/h3-6H,7-12H2,1-2H3,(H,17,20). The fourth-order valence-electron chi connectivity index (χ4n) is 2.32. The predicted octanol–water partition coefficient (Wildman–Crippen LogP) is 0.450. The maximum Gasteiger partial charge on any atom is 0.253 e. The SMILES string of the molecule is COCCNC(=O)c1ccc(C(=O)N2CCN(C)CC2)cc1. The summed E-state index contributed by atoms with van der Waals surface area (Å²) in [6, 6.07) is 6.80. The minimum Gasteiger partial charge on any atom is -0.383 e. The highest BCUT2D eigenvalue weighted by atomic mass is 16.5. The Morgan fingerprint density at radius 2 is 1.68 bits per heavy atom. The molecule has 1 N–H and O–H groups in total. The number of hydrogen-bond acceptors (Lipinski definition) is 4. The summed E-state index contributed by atoms with van der Waals surface area (Å²) in [5.41, 5.74) is 1.17. The first kappa shape index (κ1) is 16.5. The van der Waals surface area contributed by atoms with E-state index in [0.29, 0.717) is 24.3 Å². The lowest BCUT2D eigenvalue weighted by atomic mass is 10.1. The van der Waals surface area contributed by atoms with E-state index >= 15 is 0 Å². The molecule has 1 saturated heterocycles. The van der Waals surface area contributed by atoms with E-state index in [0.717, 1.165) is 26.2 Å². The summed E-state index contributed by atoms with van der Waals surface area (Å²) in [5, 5.41) is 2.75. The maximum absolute atomic E-state index is 12.4. The highest BCUT2D eigenvalue weighted by molar-refractivity contribution is 5.97. The summed E-state index contributed by atoms with van der Waals surface area (Å²) in [4.78, 5) is 28.3. The van der Waals surface area contributed by atoms with Crippen molar-refractivity contribution in [1.29, 1.82) is 0 Å². The molecule has 0 radical (unpaired) electrons. The summed E-state index contributed by atoms with van der Waals surface area (Å²) in [7, 11) is 3.64. The third-order valence-corrected chi connectivity index (χ3v) is 3.78. The smallest absolute Gasteiger partial charge is 0.253 e. The molecule has 0 aromatic heterocycles. The van der Waals surface area contributed by atoms with Crippen molar-refractivity contribution in [3.63, 3.8) is 0 Å². The molecule has 1 aromatic carbocycles. The van der Waals surface area contributed by atoms with Gasteiger partial charge in [-0.2, -0.15) is 0 Å². The molecule has 6 heteroatoms. The van der Waals surface area contributed by atoms with E-state index < -0.39 is 0 Å². The number of likely N-dealkylation sites (N-methyl/N-ethyl adjacent to an activating group) is 1. The van der Waals surface area contributed by atoms with E-state index in [4.69, 9.17) is 4.74 Å². The number of methoxy groups -OCH3 is 1. The molecule has 22 heavy (non-hydrogen) atoms. The molecule has 1 aliphatic rings. The lowest BCUT2D eigenvalue weighted by molar-refractivity contribution is 0.0663. The van der Waals surface area contributed by atoms with Crippen molar-refractivity contribution in [3.05, 3.63) is 35.4 Å². The van der Waals surface area contributed by atoms with Crippen LogP contribution >= 0.6 is 0 Å². The number of carbonyl (C=O) groups excluding carboxylic acids is 2. The molecule has 1 aromatic rings. The lowest BCUT2D eigenvalue weighted by Gasteiger charge is -2.32. The third-order valence-electron chi connectivity index (χ3n) is 3.78. The molecule has 0 spiro atoms. The van der Waals surface area contributed by atoms with Crippen LogP contribution in [0.2, 0.25) is 0 Å². The summed E-state index contributed by atoms with van der Waals surface area (Å²) >= 11 is 0. The zero-order valence-corrected chi connectivity index (χ0v) is 13.2. The quantitative estimate of drug-likeness (QED) is 0.803. The fourth-order valence-corrected chi connectivity index (χ4v) is 2.32. The van der Waals surface area contributed by atoms with Crippen molar-refractivity contribution >= 4 is 11.8 Å². The van der Waals surface area contributed by atoms with Crippen LogP contribution in [0.15, 0.2) is 24.3 Å². The number of nitrogens with zero attached hydrogens (tertiary/aromatic N) is 2. The van der Waals surface area contributed by atoms with Gasteiger partial charge >= 0.3 is 0 Å². The van der Waals surface area contributed by atoms with Gasteiger partial charge in [-0.3, -0.25) is 9.59 Å². The van der Waals surface area contributed by atoms with Gasteiger partial charge in [0.2, 0.25) is 0 Å². The van der Waals surface area contributed by atoms with Crippen LogP contribution in [0.25, 0.3) is 0 Å². The molecule has 1 heterocycles. The van der Waals surface area contributed by atoms with E-state index in [2.05, 4.69) is 17.3 Å². The van der Waals surface area contributed by atoms with Crippen molar-refractivity contribution in [2.24, 2.45) is 0 Å². The average molecular weight is 305 g/mol. The maximum atomic E-state index is 12.4. The second kappa shape index (κ2) is 7.91. The normalized spacial score (nSPS) is 15.6. The Kier molecular flexibility index (Phi) is 5.91. The van der Waals surface area contributed by atoms with Gasteiger partial charge in [-0.05, 0) is 31.3 Å². The van der Waals surface area contributed by atoms with Crippen LogP contribution in [0.3, 0.4) is 0 Å².